The highest BCUT2D eigenvalue weighted by Gasteiger charge is 2.35. The maximum atomic E-state index is 9.68. The van der Waals surface area contributed by atoms with Crippen molar-refractivity contribution in [2.75, 3.05) is 0 Å². The summed E-state index contributed by atoms with van der Waals surface area (Å²) in [5, 5.41) is 9.68. The minimum absolute atomic E-state index is 0.288. The highest BCUT2D eigenvalue weighted by atomic mass is 16.5. The molecule has 0 saturated carbocycles. The fourth-order valence-electron chi connectivity index (χ4n) is 5.53. The van der Waals surface area contributed by atoms with Crippen molar-refractivity contribution in [1.29, 1.82) is 5.26 Å². The SMILES string of the molecule is CC1(C)c2ccc(-c3ccc(-c4nc(-c5ccccc5)nc(-c5ccccc5)n4)cc3)cc2Oc2c(C#N)cccc21. The van der Waals surface area contributed by atoms with Gasteiger partial charge in [0.1, 0.15) is 17.6 Å². The Morgan fingerprint density at radius 1 is 0.548 bits per heavy atom. The average Bonchev–Trinajstić information content (AvgIpc) is 3.05. The minimum atomic E-state index is -0.288. The van der Waals surface area contributed by atoms with Crippen LogP contribution < -0.4 is 4.74 Å². The molecule has 0 saturated heterocycles. The average molecular weight is 543 g/mol. The fourth-order valence-corrected chi connectivity index (χ4v) is 5.53. The molecule has 6 aromatic rings. The van der Waals surface area contributed by atoms with Crippen LogP contribution >= 0.6 is 0 Å². The molecule has 5 aromatic carbocycles. The predicted octanol–water partition coefficient (Wildman–Crippen LogP) is 8.84. The molecule has 0 N–H and O–H groups in total. The number of fused-ring (bicyclic) bond motifs is 2. The van der Waals surface area contributed by atoms with Gasteiger partial charge in [0.15, 0.2) is 17.5 Å². The van der Waals surface area contributed by atoms with Crippen molar-refractivity contribution in [3.63, 3.8) is 0 Å². The normalized spacial score (nSPS) is 12.9. The lowest BCUT2D eigenvalue weighted by Crippen LogP contribution is -2.24. The number of benzene rings is 5. The molecule has 0 fully saturated rings. The van der Waals surface area contributed by atoms with Gasteiger partial charge in [-0.15, -0.1) is 0 Å². The van der Waals surface area contributed by atoms with Crippen LogP contribution in [0.1, 0.15) is 30.5 Å². The van der Waals surface area contributed by atoms with Crippen molar-refractivity contribution in [3.8, 4) is 62.9 Å². The van der Waals surface area contributed by atoms with Crippen LogP contribution in [0.5, 0.6) is 11.5 Å². The molecule has 0 aliphatic carbocycles. The summed E-state index contributed by atoms with van der Waals surface area (Å²) in [7, 11) is 0. The zero-order valence-electron chi connectivity index (χ0n) is 23.2. The Kier molecular flexibility index (Phi) is 6.10. The highest BCUT2D eigenvalue weighted by Crippen LogP contribution is 2.49. The Bertz CT molecular complexity index is 1920. The van der Waals surface area contributed by atoms with E-state index in [1.165, 1.54) is 0 Å². The largest absolute Gasteiger partial charge is 0.455 e. The third kappa shape index (κ3) is 4.40. The van der Waals surface area contributed by atoms with Crippen molar-refractivity contribution in [2.24, 2.45) is 0 Å². The molecule has 0 spiro atoms. The molecule has 5 heteroatoms. The maximum Gasteiger partial charge on any atom is 0.164 e. The van der Waals surface area contributed by atoms with Crippen molar-refractivity contribution in [1.82, 2.24) is 15.0 Å². The van der Waals surface area contributed by atoms with E-state index in [1.54, 1.807) is 6.07 Å². The summed E-state index contributed by atoms with van der Waals surface area (Å²) in [6.07, 6.45) is 0. The topological polar surface area (TPSA) is 71.7 Å². The molecule has 42 heavy (non-hydrogen) atoms. The number of nitriles is 1. The molecule has 0 amide bonds. The highest BCUT2D eigenvalue weighted by molar-refractivity contribution is 5.73. The second-order valence-electron chi connectivity index (χ2n) is 10.8. The lowest BCUT2D eigenvalue weighted by Gasteiger charge is -2.35. The lowest BCUT2D eigenvalue weighted by molar-refractivity contribution is 0.417. The molecule has 1 aromatic heterocycles. The molecule has 200 valence electrons. The van der Waals surface area contributed by atoms with Gasteiger partial charge in [0.2, 0.25) is 0 Å². The van der Waals surface area contributed by atoms with Gasteiger partial charge in [-0.25, -0.2) is 15.0 Å². The maximum absolute atomic E-state index is 9.68. The number of hydrogen-bond donors (Lipinski definition) is 0. The molecule has 0 atom stereocenters. The Balaban J connectivity index is 1.26. The number of hydrogen-bond acceptors (Lipinski definition) is 5. The molecule has 1 aliphatic rings. The van der Waals surface area contributed by atoms with E-state index < -0.39 is 0 Å². The van der Waals surface area contributed by atoms with E-state index in [1.807, 2.05) is 84.9 Å². The number of ether oxygens (including phenoxy) is 1. The van der Waals surface area contributed by atoms with Crippen LogP contribution in [-0.2, 0) is 5.41 Å². The first-order chi connectivity index (χ1) is 20.5. The monoisotopic (exact) mass is 542 g/mol. The van der Waals surface area contributed by atoms with E-state index in [4.69, 9.17) is 19.7 Å². The Labute approximate surface area is 244 Å². The third-order valence-electron chi connectivity index (χ3n) is 7.85. The van der Waals surface area contributed by atoms with Crippen molar-refractivity contribution < 1.29 is 4.74 Å². The van der Waals surface area contributed by atoms with Gasteiger partial charge in [-0.1, -0.05) is 123 Å². The summed E-state index contributed by atoms with van der Waals surface area (Å²) < 4.78 is 6.35. The van der Waals surface area contributed by atoms with Crippen molar-refractivity contribution >= 4 is 0 Å². The van der Waals surface area contributed by atoms with Crippen LogP contribution in [0.2, 0.25) is 0 Å². The zero-order valence-corrected chi connectivity index (χ0v) is 23.2. The quantitative estimate of drug-likeness (QED) is 0.222. The van der Waals surface area contributed by atoms with Crippen LogP contribution in [-0.4, -0.2) is 15.0 Å². The standard InChI is InChI=1S/C37H26N4O/c1-37(2)30-21-20-28(22-32(30)42-33-29(23-38)14-9-15-31(33)37)24-16-18-27(19-17-24)36-40-34(25-10-5-3-6-11-25)39-35(41-36)26-12-7-4-8-13-26/h3-22H,1-2H3. The van der Waals surface area contributed by atoms with Gasteiger partial charge in [-0.05, 0) is 23.3 Å². The predicted molar refractivity (Wildman–Crippen MR) is 165 cm³/mol. The van der Waals surface area contributed by atoms with Crippen LogP contribution in [0.3, 0.4) is 0 Å². The van der Waals surface area contributed by atoms with E-state index in [0.717, 1.165) is 44.7 Å². The van der Waals surface area contributed by atoms with Crippen LogP contribution in [0, 0.1) is 11.3 Å². The van der Waals surface area contributed by atoms with E-state index in [-0.39, 0.29) is 5.41 Å². The number of para-hydroxylation sites is 1. The van der Waals surface area contributed by atoms with Crippen molar-refractivity contribution in [2.45, 2.75) is 19.3 Å². The van der Waals surface area contributed by atoms with Crippen molar-refractivity contribution in [3.05, 3.63) is 138 Å². The fraction of sp³-hybridized carbons (Fsp3) is 0.0811. The number of aromatic nitrogens is 3. The van der Waals surface area contributed by atoms with E-state index in [2.05, 4.69) is 50.2 Å². The molecular formula is C37H26N4O. The van der Waals surface area contributed by atoms with Gasteiger partial charge < -0.3 is 4.74 Å². The summed E-state index contributed by atoms with van der Waals surface area (Å²) in [6.45, 7) is 4.34. The minimum Gasteiger partial charge on any atom is -0.455 e. The molecular weight excluding hydrogens is 516 g/mol. The van der Waals surface area contributed by atoms with Gasteiger partial charge in [0, 0.05) is 33.2 Å². The first-order valence-corrected chi connectivity index (χ1v) is 13.8. The first-order valence-electron chi connectivity index (χ1n) is 13.8. The summed E-state index contributed by atoms with van der Waals surface area (Å²) in [6, 6.07) is 42.5. The van der Waals surface area contributed by atoms with E-state index in [0.29, 0.717) is 28.8 Å². The molecule has 1 aliphatic heterocycles. The number of nitrogens with zero attached hydrogens (tertiary/aromatic N) is 4. The van der Waals surface area contributed by atoms with Gasteiger partial charge in [-0.3, -0.25) is 0 Å². The molecule has 0 unspecified atom stereocenters. The van der Waals surface area contributed by atoms with Crippen LogP contribution in [0.4, 0.5) is 0 Å². The summed E-state index contributed by atoms with van der Waals surface area (Å²) in [5.41, 5.74) is 7.22. The van der Waals surface area contributed by atoms with Crippen LogP contribution in [0.25, 0.3) is 45.3 Å². The molecule has 0 radical (unpaired) electrons. The van der Waals surface area contributed by atoms with Gasteiger partial charge >= 0.3 is 0 Å². The van der Waals surface area contributed by atoms with E-state index in [9.17, 15) is 5.26 Å². The lowest BCUT2D eigenvalue weighted by atomic mass is 9.75. The summed E-state index contributed by atoms with van der Waals surface area (Å²) in [5.74, 6) is 3.30. The number of rotatable bonds is 4. The smallest absolute Gasteiger partial charge is 0.164 e. The molecule has 5 nitrogen and oxygen atoms in total. The van der Waals surface area contributed by atoms with Gasteiger partial charge in [-0.2, -0.15) is 5.26 Å². The molecule has 2 heterocycles. The summed E-state index contributed by atoms with van der Waals surface area (Å²) >= 11 is 0. The summed E-state index contributed by atoms with van der Waals surface area (Å²) in [4.78, 5) is 14.5. The third-order valence-corrected chi connectivity index (χ3v) is 7.85. The molecule has 0 bridgehead atoms. The Morgan fingerprint density at radius 2 is 1.07 bits per heavy atom. The molecule has 7 rings (SSSR count). The van der Waals surface area contributed by atoms with Gasteiger partial charge in [0.05, 0.1) is 5.56 Å². The second kappa shape index (κ2) is 10.1. The second-order valence-corrected chi connectivity index (χ2v) is 10.8. The first kappa shape index (κ1) is 25.4. The van der Waals surface area contributed by atoms with Crippen LogP contribution in [0.15, 0.2) is 121 Å². The Morgan fingerprint density at radius 3 is 1.64 bits per heavy atom. The van der Waals surface area contributed by atoms with Gasteiger partial charge in [0.25, 0.3) is 0 Å². The zero-order chi connectivity index (χ0) is 28.7. The van der Waals surface area contributed by atoms with E-state index >= 15 is 0 Å². The Hall–Kier alpha value is -5.60.